The fraction of sp³-hybridized carbons (Fsp3) is 0.471. The van der Waals surface area contributed by atoms with E-state index >= 15 is 0 Å². The van der Waals surface area contributed by atoms with Gasteiger partial charge in [0.05, 0.1) is 46.2 Å². The summed E-state index contributed by atoms with van der Waals surface area (Å²) in [6.07, 6.45) is 11.7. The van der Waals surface area contributed by atoms with Crippen LogP contribution >= 0.6 is 22.0 Å². The third-order valence-corrected chi connectivity index (χ3v) is 12.2. The van der Waals surface area contributed by atoms with Crippen molar-refractivity contribution in [3.05, 3.63) is 52.9 Å². The summed E-state index contributed by atoms with van der Waals surface area (Å²) in [6, 6.07) is 7.06. The van der Waals surface area contributed by atoms with E-state index in [1.165, 1.54) is 36.9 Å². The van der Waals surface area contributed by atoms with Gasteiger partial charge in [-0.25, -0.2) is 4.98 Å². The van der Waals surface area contributed by atoms with E-state index in [2.05, 4.69) is 83.7 Å². The van der Waals surface area contributed by atoms with E-state index in [1.807, 2.05) is 12.1 Å². The van der Waals surface area contributed by atoms with Gasteiger partial charge in [-0.05, 0) is 91.2 Å². The Balaban J connectivity index is 1.11. The normalized spacial score (nSPS) is 20.5. The molecule has 2 atom stereocenters. The van der Waals surface area contributed by atoms with Crippen molar-refractivity contribution in [2.45, 2.75) is 57.3 Å². The van der Waals surface area contributed by atoms with Crippen LogP contribution < -0.4 is 25.6 Å². The molecule has 248 valence electrons. The van der Waals surface area contributed by atoms with Crippen LogP contribution in [0.3, 0.4) is 0 Å². The molecule has 2 bridgehead atoms. The summed E-state index contributed by atoms with van der Waals surface area (Å²) in [5, 5.41) is 7.95. The molecule has 0 radical (unpaired) electrons. The van der Waals surface area contributed by atoms with Crippen molar-refractivity contribution in [1.82, 2.24) is 24.8 Å². The van der Waals surface area contributed by atoms with Crippen LogP contribution in [0.5, 0.6) is 5.75 Å². The first-order valence-electron chi connectivity index (χ1n) is 16.4. The molecule has 2 aromatic heterocycles. The molecule has 47 heavy (non-hydrogen) atoms. The molecule has 0 saturated carbocycles. The minimum Gasteiger partial charge on any atom is -0.494 e. The molecular formula is C34H42BrN8O2PS. The number of methoxy groups -OCH3 is 1. The molecule has 0 spiro atoms. The Morgan fingerprint density at radius 1 is 1.00 bits per heavy atom. The number of aryl methyl sites for hydroxylation is 1. The van der Waals surface area contributed by atoms with Crippen molar-refractivity contribution >= 4 is 78.9 Å². The number of hydrogen-bond acceptors (Lipinski definition) is 11. The summed E-state index contributed by atoms with van der Waals surface area (Å²) in [5.74, 6) is 1.84. The summed E-state index contributed by atoms with van der Waals surface area (Å²) in [5.41, 5.74) is 5.87. The molecule has 3 aliphatic rings. The number of benzene rings is 2. The third-order valence-electron chi connectivity index (χ3n) is 9.57. The first kappa shape index (κ1) is 32.6. The van der Waals surface area contributed by atoms with Gasteiger partial charge in [0.15, 0.2) is 0 Å². The molecule has 5 heterocycles. The van der Waals surface area contributed by atoms with Crippen molar-refractivity contribution in [1.29, 1.82) is 0 Å². The molecule has 3 aliphatic heterocycles. The number of ether oxygens (including phenoxy) is 2. The van der Waals surface area contributed by atoms with Gasteiger partial charge < -0.3 is 25.0 Å². The van der Waals surface area contributed by atoms with Crippen LogP contribution in [0, 0.1) is 0 Å². The van der Waals surface area contributed by atoms with Crippen molar-refractivity contribution in [2.24, 2.45) is 0 Å². The average molecular weight is 738 g/mol. The van der Waals surface area contributed by atoms with Crippen LogP contribution in [0.25, 0.3) is 11.0 Å². The lowest BCUT2D eigenvalue weighted by atomic mass is 9.99. The summed E-state index contributed by atoms with van der Waals surface area (Å²) >= 11 is 9.65. The largest absolute Gasteiger partial charge is 0.494 e. The highest BCUT2D eigenvalue weighted by Gasteiger charge is 2.37. The standard InChI is InChI=1S/C34H42BrN8O2PS/c1-5-21-16-28(30(44-2)17-29(21)42-14-10-22(11-15-42)43-19-23-6-7-24(20-43)45-23)40-34-38-18-25(35)33(41-34)39-27-9-8-26-31(37-13-12-36-26)32(27)46(3,4)47/h8-9,12-13,16-18,22-24H,5-7,10-11,14-15,19-20H2,1-4H3,(H2,38,39,40,41)/t23-,24+. The SMILES string of the molecule is CCc1cc(Nc2ncc(Br)c(Nc3ccc4nccnc4c3P(C)(C)=S)n2)c(OC)cc1N1CCC(N2C[C@H]3CC[C@@H](C2)O3)CC1. The number of morpholine rings is 1. The minimum atomic E-state index is -1.90. The van der Waals surface area contributed by atoms with E-state index in [0.29, 0.717) is 30.0 Å². The third kappa shape index (κ3) is 6.85. The van der Waals surface area contributed by atoms with E-state index in [1.54, 1.807) is 25.7 Å². The van der Waals surface area contributed by atoms with Crippen molar-refractivity contribution in [2.75, 3.05) is 62.2 Å². The quantitative estimate of drug-likeness (QED) is 0.186. The zero-order chi connectivity index (χ0) is 32.7. The Labute approximate surface area is 290 Å². The number of likely N-dealkylation sites (tertiary alicyclic amines) is 1. The molecular weight excluding hydrogens is 695 g/mol. The Kier molecular flexibility index (Phi) is 9.41. The van der Waals surface area contributed by atoms with Crippen LogP contribution in [0.2, 0.25) is 0 Å². The van der Waals surface area contributed by atoms with Crippen LogP contribution in [0.4, 0.5) is 28.8 Å². The maximum absolute atomic E-state index is 6.09. The smallest absolute Gasteiger partial charge is 0.229 e. The number of nitrogens with one attached hydrogen (secondary N) is 2. The Morgan fingerprint density at radius 2 is 1.74 bits per heavy atom. The van der Waals surface area contributed by atoms with Crippen LogP contribution in [0.15, 0.2) is 47.3 Å². The van der Waals surface area contributed by atoms with Crippen LogP contribution in [0.1, 0.15) is 38.2 Å². The summed E-state index contributed by atoms with van der Waals surface area (Å²) in [7, 11) is 1.72. The molecule has 13 heteroatoms. The molecule has 0 unspecified atom stereocenters. The topological polar surface area (TPSA) is 101 Å². The van der Waals surface area contributed by atoms with E-state index < -0.39 is 6.04 Å². The predicted octanol–water partition coefficient (Wildman–Crippen LogP) is 6.44. The highest BCUT2D eigenvalue weighted by Crippen LogP contribution is 2.42. The highest BCUT2D eigenvalue weighted by molar-refractivity contribution is 9.10. The Bertz CT molecular complexity index is 1820. The number of aromatic nitrogens is 4. The molecule has 3 fully saturated rings. The monoisotopic (exact) mass is 736 g/mol. The molecule has 7 rings (SSSR count). The fourth-order valence-electron chi connectivity index (χ4n) is 7.31. The Morgan fingerprint density at radius 3 is 2.45 bits per heavy atom. The Hall–Kier alpha value is -2.89. The average Bonchev–Trinajstić information content (AvgIpc) is 3.42. The number of hydrogen-bond donors (Lipinski definition) is 2. The van der Waals surface area contributed by atoms with Crippen LogP contribution in [-0.4, -0.2) is 89.7 Å². The molecule has 0 aliphatic carbocycles. The first-order valence-corrected chi connectivity index (χ1v) is 20.9. The molecule has 2 aromatic carbocycles. The first-order chi connectivity index (χ1) is 22.7. The highest BCUT2D eigenvalue weighted by atomic mass is 79.9. The second kappa shape index (κ2) is 13.6. The summed E-state index contributed by atoms with van der Waals surface area (Å²) in [4.78, 5) is 23.8. The number of piperidine rings is 1. The second-order valence-corrected chi connectivity index (χ2v) is 19.8. The van der Waals surface area contributed by atoms with E-state index in [-0.39, 0.29) is 0 Å². The van der Waals surface area contributed by atoms with E-state index in [4.69, 9.17) is 26.3 Å². The van der Waals surface area contributed by atoms with Gasteiger partial charge in [-0.2, -0.15) is 4.98 Å². The maximum atomic E-state index is 6.09. The van der Waals surface area contributed by atoms with Crippen molar-refractivity contribution < 1.29 is 9.47 Å². The molecule has 3 saturated heterocycles. The summed E-state index contributed by atoms with van der Waals surface area (Å²) in [6.45, 7) is 10.7. The van der Waals surface area contributed by atoms with Gasteiger partial charge in [0.1, 0.15) is 11.6 Å². The van der Waals surface area contributed by atoms with Crippen molar-refractivity contribution in [3.8, 4) is 5.75 Å². The van der Waals surface area contributed by atoms with Gasteiger partial charge in [0.2, 0.25) is 5.95 Å². The van der Waals surface area contributed by atoms with Gasteiger partial charge >= 0.3 is 0 Å². The number of fused-ring (bicyclic) bond motifs is 3. The van der Waals surface area contributed by atoms with Gasteiger partial charge in [0.25, 0.3) is 0 Å². The maximum Gasteiger partial charge on any atom is 0.229 e. The second-order valence-electron chi connectivity index (χ2n) is 13.0. The van der Waals surface area contributed by atoms with Crippen molar-refractivity contribution in [3.63, 3.8) is 0 Å². The summed E-state index contributed by atoms with van der Waals surface area (Å²) < 4.78 is 12.8. The zero-order valence-electron chi connectivity index (χ0n) is 27.4. The van der Waals surface area contributed by atoms with E-state index in [0.717, 1.165) is 70.5 Å². The number of anilines is 5. The number of halogens is 1. The lowest BCUT2D eigenvalue weighted by molar-refractivity contribution is -0.0556. The van der Waals surface area contributed by atoms with E-state index in [9.17, 15) is 0 Å². The minimum absolute atomic E-state index is 0.440. The zero-order valence-corrected chi connectivity index (χ0v) is 30.7. The number of rotatable bonds is 9. The molecule has 0 amide bonds. The fourth-order valence-corrected chi connectivity index (χ4v) is 9.54. The van der Waals surface area contributed by atoms with Gasteiger partial charge in [-0.3, -0.25) is 14.9 Å². The van der Waals surface area contributed by atoms with Crippen LogP contribution in [-0.2, 0) is 23.0 Å². The molecule has 4 aromatic rings. The molecule has 2 N–H and O–H groups in total. The van der Waals surface area contributed by atoms with Gasteiger partial charge in [-0.1, -0.05) is 18.7 Å². The predicted molar refractivity (Wildman–Crippen MR) is 199 cm³/mol. The van der Waals surface area contributed by atoms with Gasteiger partial charge in [-0.15, -0.1) is 0 Å². The molecule has 10 nitrogen and oxygen atoms in total. The number of nitrogens with zero attached hydrogens (tertiary/aromatic N) is 6. The lowest BCUT2D eigenvalue weighted by Crippen LogP contribution is -2.51. The van der Waals surface area contributed by atoms with Gasteiger partial charge in [0, 0.05) is 67.9 Å². The lowest BCUT2D eigenvalue weighted by Gasteiger charge is -2.43.